The van der Waals surface area contributed by atoms with Crippen LogP contribution in [0.5, 0.6) is 23.0 Å². The van der Waals surface area contributed by atoms with Gasteiger partial charge in [0.15, 0.2) is 0 Å². The van der Waals surface area contributed by atoms with E-state index < -0.39 is 0 Å². The van der Waals surface area contributed by atoms with Crippen molar-refractivity contribution in [2.75, 3.05) is 11.5 Å². The summed E-state index contributed by atoms with van der Waals surface area (Å²) in [5.41, 5.74) is 12.7. The van der Waals surface area contributed by atoms with E-state index >= 15 is 0 Å². The van der Waals surface area contributed by atoms with Crippen LogP contribution in [0.1, 0.15) is 0 Å². The minimum Gasteiger partial charge on any atom is -0.457 e. The molecule has 0 saturated carbocycles. The van der Waals surface area contributed by atoms with Crippen LogP contribution >= 0.6 is 0 Å². The molecular weight excluding hydrogens is 276 g/mol. The fourth-order valence-corrected chi connectivity index (χ4v) is 1.86. The van der Waals surface area contributed by atoms with Crippen LogP contribution in [0.15, 0.2) is 66.7 Å². The van der Waals surface area contributed by atoms with E-state index in [2.05, 4.69) is 6.07 Å². The highest BCUT2D eigenvalue weighted by atomic mass is 16.5. The molecule has 4 heteroatoms. The van der Waals surface area contributed by atoms with Crippen molar-refractivity contribution < 1.29 is 9.47 Å². The second-order valence-corrected chi connectivity index (χ2v) is 4.73. The topological polar surface area (TPSA) is 70.5 Å². The predicted molar refractivity (Wildman–Crippen MR) is 87.1 cm³/mol. The maximum atomic E-state index is 5.70. The van der Waals surface area contributed by atoms with Crippen LogP contribution in [0, 0.1) is 6.07 Å². The summed E-state index contributed by atoms with van der Waals surface area (Å²) in [6.07, 6.45) is 0. The van der Waals surface area contributed by atoms with Gasteiger partial charge in [-0.25, -0.2) is 0 Å². The monoisotopic (exact) mass is 291 g/mol. The van der Waals surface area contributed by atoms with Gasteiger partial charge in [-0.15, -0.1) is 0 Å². The average molecular weight is 291 g/mol. The molecule has 0 heterocycles. The Kier molecular flexibility index (Phi) is 3.83. The summed E-state index contributed by atoms with van der Waals surface area (Å²) in [4.78, 5) is 0. The van der Waals surface area contributed by atoms with Crippen molar-refractivity contribution in [3.8, 4) is 23.0 Å². The summed E-state index contributed by atoms with van der Waals surface area (Å²) in [5.74, 6) is 2.70. The van der Waals surface area contributed by atoms with Crippen LogP contribution in [-0.2, 0) is 0 Å². The maximum Gasteiger partial charge on any atom is 0.135 e. The highest BCUT2D eigenvalue weighted by Gasteiger charge is 2.01. The molecule has 0 saturated heterocycles. The molecule has 109 valence electrons. The maximum absolute atomic E-state index is 5.70. The molecule has 22 heavy (non-hydrogen) atoms. The summed E-state index contributed by atoms with van der Waals surface area (Å²) >= 11 is 0. The molecule has 0 aliphatic rings. The molecule has 0 amide bonds. The Labute approximate surface area is 128 Å². The molecule has 4 N–H and O–H groups in total. The van der Waals surface area contributed by atoms with Crippen LogP contribution in [0.3, 0.4) is 0 Å². The Bertz CT molecular complexity index is 669. The number of hydrogen-bond donors (Lipinski definition) is 2. The number of anilines is 2. The van der Waals surface area contributed by atoms with Crippen molar-refractivity contribution in [2.45, 2.75) is 0 Å². The van der Waals surface area contributed by atoms with Crippen molar-refractivity contribution in [1.29, 1.82) is 0 Å². The SMILES string of the molecule is Nc1ccc(Oc2[c]cc(Oc3ccc(N)cc3)cc2)cc1. The largest absolute Gasteiger partial charge is 0.457 e. The van der Waals surface area contributed by atoms with Crippen molar-refractivity contribution >= 4 is 11.4 Å². The lowest BCUT2D eigenvalue weighted by Crippen LogP contribution is -1.88. The zero-order valence-electron chi connectivity index (χ0n) is 11.8. The summed E-state index contributed by atoms with van der Waals surface area (Å²) in [5, 5.41) is 0. The van der Waals surface area contributed by atoms with Crippen molar-refractivity contribution in [2.24, 2.45) is 0 Å². The van der Waals surface area contributed by atoms with Gasteiger partial charge in [0.05, 0.1) is 0 Å². The third kappa shape index (κ3) is 3.49. The Hall–Kier alpha value is -3.14. The molecular formula is C18H15N2O2. The van der Waals surface area contributed by atoms with Crippen molar-refractivity contribution in [3.63, 3.8) is 0 Å². The van der Waals surface area contributed by atoms with E-state index in [1.165, 1.54) is 0 Å². The lowest BCUT2D eigenvalue weighted by atomic mass is 10.3. The smallest absolute Gasteiger partial charge is 0.135 e. The average Bonchev–Trinajstić information content (AvgIpc) is 2.54. The summed E-state index contributed by atoms with van der Waals surface area (Å²) in [7, 11) is 0. The van der Waals surface area contributed by atoms with E-state index in [4.69, 9.17) is 20.9 Å². The van der Waals surface area contributed by atoms with Gasteiger partial charge in [-0.3, -0.25) is 0 Å². The van der Waals surface area contributed by atoms with E-state index in [0.717, 1.165) is 5.75 Å². The van der Waals surface area contributed by atoms with E-state index in [-0.39, 0.29) is 0 Å². The zero-order valence-corrected chi connectivity index (χ0v) is 11.8. The molecule has 0 spiro atoms. The minimum atomic E-state index is 0.606. The first-order chi connectivity index (χ1) is 10.7. The molecule has 3 aromatic carbocycles. The molecule has 0 atom stereocenters. The first-order valence-corrected chi connectivity index (χ1v) is 6.77. The third-order valence-corrected chi connectivity index (χ3v) is 2.98. The quantitative estimate of drug-likeness (QED) is 0.705. The molecule has 3 aromatic rings. The van der Waals surface area contributed by atoms with Crippen LogP contribution in [0.25, 0.3) is 0 Å². The number of nitrogens with two attached hydrogens (primary N) is 2. The molecule has 4 nitrogen and oxygen atoms in total. The van der Waals surface area contributed by atoms with Gasteiger partial charge in [0.25, 0.3) is 0 Å². The van der Waals surface area contributed by atoms with Gasteiger partial charge in [0, 0.05) is 17.4 Å². The van der Waals surface area contributed by atoms with Gasteiger partial charge < -0.3 is 20.9 Å². The minimum absolute atomic E-state index is 0.606. The highest BCUT2D eigenvalue weighted by molar-refractivity contribution is 5.45. The van der Waals surface area contributed by atoms with Crippen molar-refractivity contribution in [1.82, 2.24) is 0 Å². The van der Waals surface area contributed by atoms with E-state index in [9.17, 15) is 0 Å². The van der Waals surface area contributed by atoms with Gasteiger partial charge >= 0.3 is 0 Å². The van der Waals surface area contributed by atoms with Gasteiger partial charge in [0.1, 0.15) is 23.0 Å². The number of benzene rings is 3. The van der Waals surface area contributed by atoms with Crippen LogP contribution in [0.4, 0.5) is 11.4 Å². The Morgan fingerprint density at radius 2 is 1.09 bits per heavy atom. The van der Waals surface area contributed by atoms with E-state index in [1.807, 2.05) is 30.3 Å². The standard InChI is InChI=1S/C18H15N2O2/c19-13-1-5-15(6-2-13)21-17-9-11-18(12-10-17)22-16-7-3-14(20)4-8-16/h1-11H,19-20H2. The first kappa shape index (κ1) is 13.8. The fraction of sp³-hybridized carbons (Fsp3) is 0. The van der Waals surface area contributed by atoms with Crippen molar-refractivity contribution in [3.05, 3.63) is 72.8 Å². The van der Waals surface area contributed by atoms with Gasteiger partial charge in [-0.2, -0.15) is 0 Å². The normalized spacial score (nSPS) is 10.2. The highest BCUT2D eigenvalue weighted by Crippen LogP contribution is 2.27. The predicted octanol–water partition coefficient (Wildman–Crippen LogP) is 4.24. The Morgan fingerprint density at radius 1 is 0.591 bits per heavy atom. The van der Waals surface area contributed by atoms with E-state index in [0.29, 0.717) is 28.6 Å². The molecule has 3 rings (SSSR count). The molecule has 0 aromatic heterocycles. The van der Waals surface area contributed by atoms with Crippen LogP contribution in [0.2, 0.25) is 0 Å². The van der Waals surface area contributed by atoms with Gasteiger partial charge in [-0.1, -0.05) is 0 Å². The number of nitrogen functional groups attached to an aromatic ring is 2. The Balaban J connectivity index is 1.67. The molecule has 0 aliphatic carbocycles. The third-order valence-electron chi connectivity index (χ3n) is 2.98. The lowest BCUT2D eigenvalue weighted by molar-refractivity contribution is 0.468. The summed E-state index contributed by atoms with van der Waals surface area (Å²) in [6, 6.07) is 22.8. The second kappa shape index (κ2) is 6.10. The molecule has 0 unspecified atom stereocenters. The Morgan fingerprint density at radius 3 is 1.59 bits per heavy atom. The molecule has 1 radical (unpaired) electrons. The van der Waals surface area contributed by atoms with Crippen LogP contribution < -0.4 is 20.9 Å². The van der Waals surface area contributed by atoms with E-state index in [1.54, 1.807) is 36.4 Å². The number of rotatable bonds is 4. The van der Waals surface area contributed by atoms with Crippen LogP contribution in [-0.4, -0.2) is 0 Å². The number of ether oxygens (including phenoxy) is 2. The molecule has 0 fully saturated rings. The zero-order chi connectivity index (χ0) is 15.4. The van der Waals surface area contributed by atoms with Gasteiger partial charge in [0.2, 0.25) is 0 Å². The lowest BCUT2D eigenvalue weighted by Gasteiger charge is -2.08. The number of hydrogen-bond acceptors (Lipinski definition) is 4. The molecule has 0 aliphatic heterocycles. The summed E-state index contributed by atoms with van der Waals surface area (Å²) < 4.78 is 11.4. The first-order valence-electron chi connectivity index (χ1n) is 6.77. The van der Waals surface area contributed by atoms with Gasteiger partial charge in [-0.05, 0) is 66.7 Å². The second-order valence-electron chi connectivity index (χ2n) is 4.73. The fourth-order valence-electron chi connectivity index (χ4n) is 1.86. The summed E-state index contributed by atoms with van der Waals surface area (Å²) in [6.45, 7) is 0. The molecule has 0 bridgehead atoms.